The van der Waals surface area contributed by atoms with Crippen LogP contribution in [0.15, 0.2) is 91.1 Å². The molecule has 0 unspecified atom stereocenters. The van der Waals surface area contributed by atoms with E-state index in [4.69, 9.17) is 14.9 Å². The van der Waals surface area contributed by atoms with Crippen LogP contribution in [0.3, 0.4) is 0 Å². The number of nitrogens with zero attached hydrogens (tertiary/aromatic N) is 2. The zero-order valence-corrected chi connectivity index (χ0v) is 18.0. The Labute approximate surface area is 187 Å². The molecule has 3 aromatic carbocycles. The van der Waals surface area contributed by atoms with Gasteiger partial charge in [-0.25, -0.2) is 0 Å². The fraction of sp³-hybridized carbons (Fsp3) is 0.185. The van der Waals surface area contributed by atoms with Crippen LogP contribution in [0.4, 0.5) is 0 Å². The lowest BCUT2D eigenvalue weighted by Crippen LogP contribution is -2.04. The van der Waals surface area contributed by atoms with Gasteiger partial charge in [0.15, 0.2) is 0 Å². The summed E-state index contributed by atoms with van der Waals surface area (Å²) >= 11 is 0. The predicted octanol–water partition coefficient (Wildman–Crippen LogP) is 5.80. The first-order valence-corrected chi connectivity index (χ1v) is 10.7. The zero-order chi connectivity index (χ0) is 22.3. The smallest absolute Gasteiger partial charge is 0.304 e. The number of ether oxygens (including phenoxy) is 1. The summed E-state index contributed by atoms with van der Waals surface area (Å²) in [5.41, 5.74) is 4.18. The largest absolute Gasteiger partial charge is 0.489 e. The fourth-order valence-corrected chi connectivity index (χ4v) is 3.82. The summed E-state index contributed by atoms with van der Waals surface area (Å²) in [4.78, 5) is 11.1. The third-order valence-electron chi connectivity index (χ3n) is 5.40. The molecular weight excluding hydrogens is 400 g/mol. The van der Waals surface area contributed by atoms with Crippen molar-refractivity contribution in [3.8, 4) is 5.75 Å². The average Bonchev–Trinajstić information content (AvgIpc) is 3.21. The summed E-state index contributed by atoms with van der Waals surface area (Å²) in [6.07, 6.45) is 5.94. The minimum Gasteiger partial charge on any atom is -0.489 e. The number of aliphatic carboxylic acids is 1. The molecule has 4 aromatic rings. The van der Waals surface area contributed by atoms with Crippen molar-refractivity contribution in [1.82, 2.24) is 9.78 Å². The van der Waals surface area contributed by atoms with E-state index in [-0.39, 0.29) is 12.3 Å². The normalized spacial score (nSPS) is 12.3. The van der Waals surface area contributed by atoms with E-state index in [9.17, 15) is 4.79 Å². The van der Waals surface area contributed by atoms with Crippen molar-refractivity contribution < 1.29 is 14.6 Å². The summed E-state index contributed by atoms with van der Waals surface area (Å²) < 4.78 is 7.99. The molecule has 0 amide bonds. The van der Waals surface area contributed by atoms with Crippen molar-refractivity contribution in [1.29, 1.82) is 0 Å². The highest BCUT2D eigenvalue weighted by Crippen LogP contribution is 2.25. The van der Waals surface area contributed by atoms with E-state index in [0.29, 0.717) is 6.61 Å². The Morgan fingerprint density at radius 3 is 2.56 bits per heavy atom. The van der Waals surface area contributed by atoms with Crippen molar-refractivity contribution in [2.45, 2.75) is 32.4 Å². The molecule has 0 radical (unpaired) electrons. The highest BCUT2D eigenvalue weighted by atomic mass is 16.5. The van der Waals surface area contributed by atoms with Gasteiger partial charge in [-0.1, -0.05) is 66.7 Å². The van der Waals surface area contributed by atoms with Gasteiger partial charge in [0.2, 0.25) is 0 Å². The molecule has 0 saturated carbocycles. The Hall–Kier alpha value is -3.86. The van der Waals surface area contributed by atoms with E-state index in [2.05, 4.69) is 24.4 Å². The van der Waals surface area contributed by atoms with Crippen LogP contribution >= 0.6 is 0 Å². The van der Waals surface area contributed by atoms with E-state index in [1.54, 1.807) is 0 Å². The number of fused-ring (bicyclic) bond motifs is 1. The number of rotatable bonds is 9. The van der Waals surface area contributed by atoms with Crippen LogP contribution < -0.4 is 4.74 Å². The first-order valence-electron chi connectivity index (χ1n) is 10.7. The molecule has 0 aliphatic rings. The molecular formula is C27H26N2O3. The van der Waals surface area contributed by atoms with Gasteiger partial charge < -0.3 is 9.84 Å². The first-order chi connectivity index (χ1) is 15.6. The topological polar surface area (TPSA) is 64.3 Å². The van der Waals surface area contributed by atoms with Gasteiger partial charge in [0.05, 0.1) is 18.5 Å². The summed E-state index contributed by atoms with van der Waals surface area (Å²) in [6, 6.07) is 24.0. The molecule has 0 aliphatic carbocycles. The van der Waals surface area contributed by atoms with Crippen LogP contribution in [-0.2, 0) is 17.9 Å². The standard InChI is InChI=1S/C27H26N2O3/c1-2-7-22(16-27(30)31)21-12-14-24(15-13-21)32-19-23-10-6-11-26-25(23)18-29(28-26)17-20-8-4-3-5-9-20/h2-15,18,22H,16-17,19H2,1H3,(H,30,31)/t22-/m1/s1. The third kappa shape index (κ3) is 5.24. The molecule has 32 heavy (non-hydrogen) atoms. The number of carboxylic acids is 1. The van der Waals surface area contributed by atoms with Crippen molar-refractivity contribution >= 4 is 16.9 Å². The first kappa shape index (κ1) is 21.4. The molecule has 1 heterocycles. The van der Waals surface area contributed by atoms with E-state index in [1.165, 1.54) is 5.56 Å². The molecule has 162 valence electrons. The van der Waals surface area contributed by atoms with E-state index in [0.717, 1.165) is 34.3 Å². The van der Waals surface area contributed by atoms with Gasteiger partial charge in [0.25, 0.3) is 0 Å². The summed E-state index contributed by atoms with van der Waals surface area (Å²) in [7, 11) is 0. The van der Waals surface area contributed by atoms with Crippen LogP contribution in [0.5, 0.6) is 5.75 Å². The van der Waals surface area contributed by atoms with Crippen molar-refractivity contribution in [3.63, 3.8) is 0 Å². The molecule has 5 heteroatoms. The monoisotopic (exact) mass is 426 g/mol. The van der Waals surface area contributed by atoms with Crippen molar-refractivity contribution in [2.24, 2.45) is 0 Å². The SMILES string of the molecule is CC=C[C@H](CC(=O)O)c1ccc(OCc2cccc3nn(Cc4ccccc4)cc23)cc1. The average molecular weight is 427 g/mol. The van der Waals surface area contributed by atoms with Gasteiger partial charge in [-0.2, -0.15) is 5.10 Å². The molecule has 0 spiro atoms. The van der Waals surface area contributed by atoms with Gasteiger partial charge in [-0.15, -0.1) is 0 Å². The molecule has 0 bridgehead atoms. The summed E-state index contributed by atoms with van der Waals surface area (Å²) in [5.74, 6) is -0.206. The Balaban J connectivity index is 1.46. The van der Waals surface area contributed by atoms with Crippen LogP contribution in [-0.4, -0.2) is 20.9 Å². The Morgan fingerprint density at radius 1 is 1.06 bits per heavy atom. The van der Waals surface area contributed by atoms with Crippen LogP contribution in [0.25, 0.3) is 10.9 Å². The lowest BCUT2D eigenvalue weighted by molar-refractivity contribution is -0.137. The van der Waals surface area contributed by atoms with Gasteiger partial charge >= 0.3 is 5.97 Å². The Morgan fingerprint density at radius 2 is 1.84 bits per heavy atom. The second kappa shape index (κ2) is 9.96. The quantitative estimate of drug-likeness (QED) is 0.344. The minimum atomic E-state index is -0.811. The van der Waals surface area contributed by atoms with Gasteiger partial charge in [-0.3, -0.25) is 9.48 Å². The highest BCUT2D eigenvalue weighted by Gasteiger charge is 2.13. The van der Waals surface area contributed by atoms with Crippen LogP contribution in [0, 0.1) is 0 Å². The van der Waals surface area contributed by atoms with Crippen LogP contribution in [0.1, 0.15) is 36.0 Å². The number of benzene rings is 3. The number of hydrogen-bond donors (Lipinski definition) is 1. The molecule has 1 atom stereocenters. The molecule has 0 saturated heterocycles. The fourth-order valence-electron chi connectivity index (χ4n) is 3.82. The summed E-state index contributed by atoms with van der Waals surface area (Å²) in [6.45, 7) is 3.05. The summed E-state index contributed by atoms with van der Waals surface area (Å²) in [5, 5.41) is 14.9. The van der Waals surface area contributed by atoms with Gasteiger partial charge in [-0.05, 0) is 36.2 Å². The maximum atomic E-state index is 11.1. The molecule has 0 fully saturated rings. The molecule has 4 rings (SSSR count). The van der Waals surface area contributed by atoms with E-state index >= 15 is 0 Å². The lowest BCUT2D eigenvalue weighted by atomic mass is 9.95. The van der Waals surface area contributed by atoms with E-state index in [1.807, 2.05) is 78.4 Å². The number of carboxylic acid groups (broad SMARTS) is 1. The van der Waals surface area contributed by atoms with Crippen molar-refractivity contribution in [2.75, 3.05) is 0 Å². The van der Waals surface area contributed by atoms with E-state index < -0.39 is 5.97 Å². The number of hydrogen-bond acceptors (Lipinski definition) is 3. The van der Waals surface area contributed by atoms with Crippen molar-refractivity contribution in [3.05, 3.63) is 108 Å². The van der Waals surface area contributed by atoms with Gasteiger partial charge in [0, 0.05) is 23.1 Å². The second-order valence-corrected chi connectivity index (χ2v) is 7.75. The Bertz CT molecular complexity index is 1210. The maximum Gasteiger partial charge on any atom is 0.304 e. The minimum absolute atomic E-state index is 0.0690. The second-order valence-electron chi connectivity index (χ2n) is 7.75. The molecule has 0 aliphatic heterocycles. The third-order valence-corrected chi connectivity index (χ3v) is 5.40. The lowest BCUT2D eigenvalue weighted by Gasteiger charge is -2.12. The number of aromatic nitrogens is 2. The number of allylic oxidation sites excluding steroid dienone is 2. The zero-order valence-electron chi connectivity index (χ0n) is 18.0. The molecule has 1 N–H and O–H groups in total. The van der Waals surface area contributed by atoms with Crippen LogP contribution in [0.2, 0.25) is 0 Å². The molecule has 5 nitrogen and oxygen atoms in total. The molecule has 1 aromatic heterocycles. The predicted molar refractivity (Wildman–Crippen MR) is 126 cm³/mol. The maximum absolute atomic E-state index is 11.1. The number of carbonyl (C=O) groups is 1. The highest BCUT2D eigenvalue weighted by molar-refractivity contribution is 5.81. The van der Waals surface area contributed by atoms with Gasteiger partial charge in [0.1, 0.15) is 12.4 Å². The Kier molecular flexibility index (Phi) is 6.66.